The van der Waals surface area contributed by atoms with Gasteiger partial charge in [0.25, 0.3) is 5.91 Å². The van der Waals surface area contributed by atoms with Crippen molar-refractivity contribution < 1.29 is 4.79 Å². The lowest BCUT2D eigenvalue weighted by molar-refractivity contribution is 0.0950. The molecule has 132 valence electrons. The highest BCUT2D eigenvalue weighted by Crippen LogP contribution is 2.23. The molecule has 0 unspecified atom stereocenters. The van der Waals surface area contributed by atoms with Gasteiger partial charge in [-0.15, -0.1) is 0 Å². The Kier molecular flexibility index (Phi) is 4.49. The fraction of sp³-hybridized carbons (Fsp3) is 0.0455. The molecule has 1 amide bonds. The van der Waals surface area contributed by atoms with Gasteiger partial charge in [-0.05, 0) is 35.4 Å². The molecule has 3 aromatic carbocycles. The Balaban J connectivity index is 1.47. The monoisotopic (exact) mass is 354 g/mol. The van der Waals surface area contributed by atoms with E-state index in [4.69, 9.17) is 0 Å². The zero-order valence-electron chi connectivity index (χ0n) is 14.8. The van der Waals surface area contributed by atoms with E-state index in [2.05, 4.69) is 38.9 Å². The zero-order valence-corrected chi connectivity index (χ0v) is 14.8. The van der Waals surface area contributed by atoms with Gasteiger partial charge >= 0.3 is 0 Å². The van der Waals surface area contributed by atoms with E-state index in [-0.39, 0.29) is 5.91 Å². The number of nitrogens with one attached hydrogen (secondary N) is 2. The Labute approximate surface area is 156 Å². The van der Waals surface area contributed by atoms with E-state index in [0.717, 1.165) is 16.5 Å². The lowest BCUT2D eigenvalue weighted by Gasteiger charge is -2.00. The largest absolute Gasteiger partial charge is 0.289 e. The first kappa shape index (κ1) is 16.7. The van der Waals surface area contributed by atoms with E-state index in [1.165, 1.54) is 10.9 Å². The van der Waals surface area contributed by atoms with Crippen molar-refractivity contribution in [2.45, 2.75) is 6.92 Å². The molecule has 0 bridgehead atoms. The minimum Gasteiger partial charge on any atom is -0.272 e. The first-order chi connectivity index (χ1) is 13.2. The van der Waals surface area contributed by atoms with Crippen molar-refractivity contribution in [3.8, 4) is 11.3 Å². The van der Waals surface area contributed by atoms with Crippen LogP contribution in [0.1, 0.15) is 21.6 Å². The molecule has 2 N–H and O–H groups in total. The molecule has 0 saturated carbocycles. The fourth-order valence-electron chi connectivity index (χ4n) is 2.81. The maximum Gasteiger partial charge on any atom is 0.289 e. The lowest BCUT2D eigenvalue weighted by Crippen LogP contribution is -2.17. The molecule has 1 heterocycles. The van der Waals surface area contributed by atoms with Crippen LogP contribution in [-0.4, -0.2) is 22.3 Å². The number of hydrazone groups is 1. The van der Waals surface area contributed by atoms with Crippen molar-refractivity contribution in [2.24, 2.45) is 5.10 Å². The third-order valence-corrected chi connectivity index (χ3v) is 4.32. The van der Waals surface area contributed by atoms with Gasteiger partial charge in [0.15, 0.2) is 0 Å². The van der Waals surface area contributed by atoms with Crippen LogP contribution in [0.3, 0.4) is 0 Å². The number of rotatable bonds is 4. The van der Waals surface area contributed by atoms with Crippen LogP contribution in [0.25, 0.3) is 22.0 Å². The molecule has 0 spiro atoms. The maximum atomic E-state index is 12.2. The predicted molar refractivity (Wildman–Crippen MR) is 108 cm³/mol. The summed E-state index contributed by atoms with van der Waals surface area (Å²) in [5.74, 6) is -0.335. The number of benzene rings is 3. The van der Waals surface area contributed by atoms with Crippen molar-refractivity contribution >= 4 is 22.9 Å². The normalized spacial score (nSPS) is 11.1. The summed E-state index contributed by atoms with van der Waals surface area (Å²) in [6.07, 6.45) is 1.61. The summed E-state index contributed by atoms with van der Waals surface area (Å²) >= 11 is 0. The van der Waals surface area contributed by atoms with E-state index in [9.17, 15) is 4.79 Å². The molecule has 4 rings (SSSR count). The minimum atomic E-state index is -0.335. The number of hydrogen-bond donors (Lipinski definition) is 2. The van der Waals surface area contributed by atoms with Crippen molar-refractivity contribution in [2.75, 3.05) is 0 Å². The van der Waals surface area contributed by atoms with Crippen molar-refractivity contribution in [3.63, 3.8) is 0 Å². The molecule has 27 heavy (non-hydrogen) atoms. The summed E-state index contributed by atoms with van der Waals surface area (Å²) in [6.45, 7) is 2.02. The molecular weight excluding hydrogens is 336 g/mol. The third kappa shape index (κ3) is 3.77. The van der Waals surface area contributed by atoms with Gasteiger partial charge < -0.3 is 0 Å². The van der Waals surface area contributed by atoms with Crippen molar-refractivity contribution in [3.05, 3.63) is 89.6 Å². The molecular formula is C22H18N4O. The average Bonchev–Trinajstić information content (AvgIpc) is 3.19. The summed E-state index contributed by atoms with van der Waals surface area (Å²) in [6, 6.07) is 23.8. The van der Waals surface area contributed by atoms with Crippen molar-refractivity contribution in [1.29, 1.82) is 0 Å². The van der Waals surface area contributed by atoms with Gasteiger partial charge in [0.2, 0.25) is 0 Å². The topological polar surface area (TPSA) is 70.1 Å². The molecule has 0 aliphatic heterocycles. The molecule has 0 aliphatic carbocycles. The quantitative estimate of drug-likeness (QED) is 0.424. The van der Waals surface area contributed by atoms with E-state index < -0.39 is 0 Å². The predicted octanol–water partition coefficient (Wildman–Crippen LogP) is 4.30. The van der Waals surface area contributed by atoms with Crippen LogP contribution in [0.4, 0.5) is 0 Å². The summed E-state index contributed by atoms with van der Waals surface area (Å²) in [5.41, 5.74) is 6.64. The zero-order chi connectivity index (χ0) is 18.6. The number of carbonyl (C=O) groups excluding carboxylic acids is 1. The molecule has 0 radical (unpaired) electrons. The SMILES string of the molecule is Cc1ccc(C=NNC(=O)c2cc(-c3ccc4ccccc4c3)n[nH]2)cc1. The van der Waals surface area contributed by atoms with E-state index in [0.29, 0.717) is 11.4 Å². The van der Waals surface area contributed by atoms with E-state index >= 15 is 0 Å². The highest BCUT2D eigenvalue weighted by Gasteiger charge is 2.10. The number of aryl methyl sites for hydroxylation is 1. The second kappa shape index (κ2) is 7.25. The number of aromatic nitrogens is 2. The summed E-state index contributed by atoms with van der Waals surface area (Å²) in [5, 5.41) is 13.3. The first-order valence-electron chi connectivity index (χ1n) is 8.64. The molecule has 5 nitrogen and oxygen atoms in total. The highest BCUT2D eigenvalue weighted by molar-refractivity contribution is 5.94. The van der Waals surface area contributed by atoms with Gasteiger partial charge in [-0.25, -0.2) is 5.43 Å². The fourth-order valence-corrected chi connectivity index (χ4v) is 2.81. The Morgan fingerprint density at radius 1 is 1.00 bits per heavy atom. The summed E-state index contributed by atoms with van der Waals surface area (Å²) in [4.78, 5) is 12.2. The van der Waals surface area contributed by atoms with E-state index in [1.807, 2.05) is 55.5 Å². The number of aromatic amines is 1. The number of fused-ring (bicyclic) bond motifs is 1. The van der Waals surface area contributed by atoms with Crippen LogP contribution in [0, 0.1) is 6.92 Å². The first-order valence-corrected chi connectivity index (χ1v) is 8.64. The van der Waals surface area contributed by atoms with Crippen LogP contribution in [0.5, 0.6) is 0 Å². The van der Waals surface area contributed by atoms with Gasteiger partial charge in [0, 0.05) is 5.56 Å². The molecule has 0 aliphatic rings. The highest BCUT2D eigenvalue weighted by atomic mass is 16.2. The minimum absolute atomic E-state index is 0.335. The van der Waals surface area contributed by atoms with Gasteiger partial charge in [-0.2, -0.15) is 10.2 Å². The smallest absolute Gasteiger partial charge is 0.272 e. The van der Waals surface area contributed by atoms with Crippen LogP contribution < -0.4 is 5.43 Å². The summed E-state index contributed by atoms with van der Waals surface area (Å²) in [7, 11) is 0. The van der Waals surface area contributed by atoms with Crippen LogP contribution in [0.2, 0.25) is 0 Å². The molecule has 0 fully saturated rings. The lowest BCUT2D eigenvalue weighted by atomic mass is 10.1. The number of hydrogen-bond acceptors (Lipinski definition) is 3. The number of H-pyrrole nitrogens is 1. The van der Waals surface area contributed by atoms with Gasteiger partial charge in [0.1, 0.15) is 5.69 Å². The van der Waals surface area contributed by atoms with Crippen LogP contribution >= 0.6 is 0 Å². The van der Waals surface area contributed by atoms with Gasteiger partial charge in [0.05, 0.1) is 11.9 Å². The molecule has 0 saturated heterocycles. The number of amides is 1. The number of nitrogens with zero attached hydrogens (tertiary/aromatic N) is 2. The Morgan fingerprint density at radius 2 is 1.78 bits per heavy atom. The van der Waals surface area contributed by atoms with Crippen LogP contribution in [0.15, 0.2) is 77.9 Å². The molecule has 1 aromatic heterocycles. The van der Waals surface area contributed by atoms with Crippen LogP contribution in [-0.2, 0) is 0 Å². The standard InChI is InChI=1S/C22H18N4O/c1-15-6-8-16(9-7-15)14-23-26-22(27)21-13-20(24-25-21)19-11-10-17-4-2-3-5-18(17)12-19/h2-14H,1H3,(H,24,25)(H,26,27). The number of carbonyl (C=O) groups is 1. The Bertz CT molecular complexity index is 1130. The Morgan fingerprint density at radius 3 is 2.59 bits per heavy atom. The van der Waals surface area contributed by atoms with E-state index in [1.54, 1.807) is 12.3 Å². The van der Waals surface area contributed by atoms with Crippen molar-refractivity contribution in [1.82, 2.24) is 15.6 Å². The maximum absolute atomic E-state index is 12.2. The molecule has 0 atom stereocenters. The Hall–Kier alpha value is -3.73. The van der Waals surface area contributed by atoms with Gasteiger partial charge in [-0.1, -0.05) is 66.2 Å². The van der Waals surface area contributed by atoms with Gasteiger partial charge in [-0.3, -0.25) is 9.89 Å². The molecule has 5 heteroatoms. The second-order valence-corrected chi connectivity index (χ2v) is 6.34. The second-order valence-electron chi connectivity index (χ2n) is 6.34. The molecule has 4 aromatic rings. The average molecular weight is 354 g/mol. The third-order valence-electron chi connectivity index (χ3n) is 4.32. The summed E-state index contributed by atoms with van der Waals surface area (Å²) < 4.78 is 0.